The van der Waals surface area contributed by atoms with E-state index in [0.717, 1.165) is 11.1 Å². The van der Waals surface area contributed by atoms with Gasteiger partial charge in [-0.2, -0.15) is 0 Å². The lowest BCUT2D eigenvalue weighted by molar-refractivity contribution is 0.0915. The summed E-state index contributed by atoms with van der Waals surface area (Å²) in [6, 6.07) is 19.4. The summed E-state index contributed by atoms with van der Waals surface area (Å²) in [6.45, 7) is 0.461. The summed E-state index contributed by atoms with van der Waals surface area (Å²) in [6.07, 6.45) is 0. The Hall–Kier alpha value is -2.92. The van der Waals surface area contributed by atoms with E-state index in [1.807, 2.05) is 44.4 Å². The van der Waals surface area contributed by atoms with E-state index in [9.17, 15) is 9.18 Å². The molecule has 0 fully saturated rings. The lowest BCUT2D eigenvalue weighted by atomic mass is 10.1. The molecule has 0 saturated carbocycles. The van der Waals surface area contributed by atoms with Crippen molar-refractivity contribution in [2.45, 2.75) is 6.04 Å². The summed E-state index contributed by atoms with van der Waals surface area (Å²) in [7, 11) is 3.95. The van der Waals surface area contributed by atoms with Gasteiger partial charge in [0.25, 0.3) is 5.91 Å². The lowest BCUT2D eigenvalue weighted by Crippen LogP contribution is -2.34. The zero-order chi connectivity index (χ0) is 18.5. The Balaban J connectivity index is 1.67. The Morgan fingerprint density at radius 2 is 1.73 bits per heavy atom. The Morgan fingerprint density at radius 1 is 1.04 bits per heavy atom. The van der Waals surface area contributed by atoms with Crippen LogP contribution in [0.2, 0.25) is 0 Å². The van der Waals surface area contributed by atoms with Crippen LogP contribution in [0.1, 0.15) is 22.2 Å². The van der Waals surface area contributed by atoms with Crippen LogP contribution in [0, 0.1) is 5.82 Å². The summed E-state index contributed by atoms with van der Waals surface area (Å²) in [5.74, 6) is 0.173. The maximum Gasteiger partial charge on any atom is 0.287 e. The summed E-state index contributed by atoms with van der Waals surface area (Å²) in [5, 5.41) is 2.92. The minimum Gasteiger partial charge on any atom is -0.451 e. The van der Waals surface area contributed by atoms with Gasteiger partial charge in [-0.25, -0.2) is 4.39 Å². The Kier molecular flexibility index (Phi) is 5.49. The molecule has 0 aliphatic rings. The first-order chi connectivity index (χ1) is 12.5. The van der Waals surface area contributed by atoms with Gasteiger partial charge < -0.3 is 14.6 Å². The molecule has 1 heterocycles. The molecule has 1 aromatic heterocycles. The number of hydrogen-bond acceptors (Lipinski definition) is 3. The largest absolute Gasteiger partial charge is 0.451 e. The van der Waals surface area contributed by atoms with E-state index < -0.39 is 0 Å². The van der Waals surface area contributed by atoms with Crippen LogP contribution in [0.4, 0.5) is 4.39 Å². The molecule has 0 saturated heterocycles. The van der Waals surface area contributed by atoms with E-state index in [1.165, 1.54) is 12.1 Å². The van der Waals surface area contributed by atoms with Crippen LogP contribution in [0.15, 0.2) is 71.1 Å². The molecule has 0 spiro atoms. The Morgan fingerprint density at radius 3 is 2.38 bits per heavy atom. The summed E-state index contributed by atoms with van der Waals surface area (Å²) < 4.78 is 18.6. The Labute approximate surface area is 152 Å². The first-order valence-electron chi connectivity index (χ1n) is 8.40. The van der Waals surface area contributed by atoms with Crippen LogP contribution < -0.4 is 5.32 Å². The van der Waals surface area contributed by atoms with Gasteiger partial charge in [-0.15, -0.1) is 0 Å². The van der Waals surface area contributed by atoms with Crippen molar-refractivity contribution in [3.63, 3.8) is 0 Å². The van der Waals surface area contributed by atoms with Gasteiger partial charge in [-0.3, -0.25) is 4.79 Å². The third-order valence-corrected chi connectivity index (χ3v) is 4.22. The maximum atomic E-state index is 13.0. The number of rotatable bonds is 6. The molecule has 26 heavy (non-hydrogen) atoms. The second-order valence-corrected chi connectivity index (χ2v) is 6.27. The lowest BCUT2D eigenvalue weighted by Gasteiger charge is -2.24. The highest BCUT2D eigenvalue weighted by Crippen LogP contribution is 2.23. The molecular formula is C21H21FN2O2. The van der Waals surface area contributed by atoms with Crippen LogP contribution in [0.25, 0.3) is 11.3 Å². The fourth-order valence-corrected chi connectivity index (χ4v) is 2.78. The number of carbonyl (C=O) groups excluding carboxylic acids is 1. The monoisotopic (exact) mass is 352 g/mol. The van der Waals surface area contributed by atoms with Gasteiger partial charge in [0.2, 0.25) is 0 Å². The average molecular weight is 352 g/mol. The predicted molar refractivity (Wildman–Crippen MR) is 99.3 cm³/mol. The van der Waals surface area contributed by atoms with Crippen molar-refractivity contribution in [3.05, 3.63) is 83.9 Å². The van der Waals surface area contributed by atoms with Crippen LogP contribution >= 0.6 is 0 Å². The topological polar surface area (TPSA) is 45.5 Å². The first kappa shape index (κ1) is 17.9. The third-order valence-electron chi connectivity index (χ3n) is 4.22. The number of nitrogens with one attached hydrogen (secondary N) is 1. The molecular weight excluding hydrogens is 331 g/mol. The second-order valence-electron chi connectivity index (χ2n) is 6.27. The highest BCUT2D eigenvalue weighted by molar-refractivity contribution is 5.92. The molecule has 0 radical (unpaired) electrons. The average Bonchev–Trinajstić information content (AvgIpc) is 3.13. The quantitative estimate of drug-likeness (QED) is 0.726. The van der Waals surface area contributed by atoms with Crippen molar-refractivity contribution in [3.8, 4) is 11.3 Å². The zero-order valence-corrected chi connectivity index (χ0v) is 14.8. The fourth-order valence-electron chi connectivity index (χ4n) is 2.78. The molecule has 3 rings (SSSR count). The number of furan rings is 1. The smallest absolute Gasteiger partial charge is 0.287 e. The van der Waals surface area contributed by atoms with E-state index in [4.69, 9.17) is 4.42 Å². The first-order valence-corrected chi connectivity index (χ1v) is 8.40. The Bertz CT molecular complexity index is 857. The van der Waals surface area contributed by atoms with Crippen LogP contribution in [0.3, 0.4) is 0 Å². The van der Waals surface area contributed by atoms with E-state index in [0.29, 0.717) is 12.3 Å². The molecule has 0 aliphatic heterocycles. The maximum absolute atomic E-state index is 13.0. The molecule has 1 amide bonds. The molecule has 3 aromatic rings. The van der Waals surface area contributed by atoms with Crippen molar-refractivity contribution < 1.29 is 13.6 Å². The summed E-state index contributed by atoms with van der Waals surface area (Å²) >= 11 is 0. The molecule has 1 N–H and O–H groups in total. The molecule has 134 valence electrons. The van der Waals surface area contributed by atoms with Crippen molar-refractivity contribution in [1.82, 2.24) is 10.2 Å². The van der Waals surface area contributed by atoms with E-state index >= 15 is 0 Å². The van der Waals surface area contributed by atoms with Gasteiger partial charge in [0, 0.05) is 12.1 Å². The van der Waals surface area contributed by atoms with Crippen molar-refractivity contribution in [2.24, 2.45) is 0 Å². The summed E-state index contributed by atoms with van der Waals surface area (Å²) in [4.78, 5) is 14.5. The number of likely N-dealkylation sites (N-methyl/N-ethyl adjacent to an activating group) is 1. The van der Waals surface area contributed by atoms with Crippen molar-refractivity contribution >= 4 is 5.91 Å². The van der Waals surface area contributed by atoms with Gasteiger partial charge in [0.1, 0.15) is 11.6 Å². The molecule has 2 aromatic carbocycles. The fraction of sp³-hybridized carbons (Fsp3) is 0.190. The molecule has 5 heteroatoms. The van der Waals surface area contributed by atoms with Crippen LogP contribution in [-0.2, 0) is 0 Å². The number of benzene rings is 2. The second kappa shape index (κ2) is 7.97. The summed E-state index contributed by atoms with van der Waals surface area (Å²) in [5.41, 5.74) is 1.85. The molecule has 0 bridgehead atoms. The standard InChI is InChI=1S/C21H21FN2O2/c1-24(2)18(15-6-4-3-5-7-15)14-23-21(25)20-13-12-19(26-20)16-8-10-17(22)11-9-16/h3-13,18H,14H2,1-2H3,(H,23,25). The SMILES string of the molecule is CN(C)C(CNC(=O)c1ccc(-c2ccc(F)cc2)o1)c1ccccc1. The predicted octanol–water partition coefficient (Wildman–Crippen LogP) is 4.12. The zero-order valence-electron chi connectivity index (χ0n) is 14.8. The van der Waals surface area contributed by atoms with E-state index in [1.54, 1.807) is 24.3 Å². The molecule has 4 nitrogen and oxygen atoms in total. The van der Waals surface area contributed by atoms with Gasteiger partial charge in [0.05, 0.1) is 6.04 Å². The minimum absolute atomic E-state index is 0.0617. The van der Waals surface area contributed by atoms with Gasteiger partial charge in [-0.1, -0.05) is 30.3 Å². The highest BCUT2D eigenvalue weighted by Gasteiger charge is 2.17. The minimum atomic E-state index is -0.311. The number of carbonyl (C=O) groups is 1. The normalized spacial score (nSPS) is 12.2. The van der Waals surface area contributed by atoms with Gasteiger partial charge >= 0.3 is 0 Å². The van der Waals surface area contributed by atoms with Crippen molar-refractivity contribution in [2.75, 3.05) is 20.6 Å². The van der Waals surface area contributed by atoms with E-state index in [2.05, 4.69) is 10.2 Å². The van der Waals surface area contributed by atoms with Crippen LogP contribution in [-0.4, -0.2) is 31.4 Å². The number of hydrogen-bond donors (Lipinski definition) is 1. The van der Waals surface area contributed by atoms with E-state index in [-0.39, 0.29) is 23.5 Å². The number of nitrogens with zero attached hydrogens (tertiary/aromatic N) is 1. The van der Waals surface area contributed by atoms with Gasteiger partial charge in [0.15, 0.2) is 5.76 Å². The molecule has 1 atom stereocenters. The highest BCUT2D eigenvalue weighted by atomic mass is 19.1. The van der Waals surface area contributed by atoms with Gasteiger partial charge in [-0.05, 0) is 56.1 Å². The number of halogens is 1. The number of amides is 1. The van der Waals surface area contributed by atoms with Crippen molar-refractivity contribution in [1.29, 1.82) is 0 Å². The third kappa shape index (κ3) is 4.18. The molecule has 1 unspecified atom stereocenters. The van der Waals surface area contributed by atoms with Crippen LogP contribution in [0.5, 0.6) is 0 Å². The molecule has 0 aliphatic carbocycles.